The molecule has 0 aliphatic heterocycles. The van der Waals surface area contributed by atoms with Crippen LogP contribution in [-0.2, 0) is 0 Å². The topological polar surface area (TPSA) is 96.3 Å². The van der Waals surface area contributed by atoms with Gasteiger partial charge in [-0.05, 0) is 19.9 Å². The van der Waals surface area contributed by atoms with E-state index in [2.05, 4.69) is 10.6 Å². The van der Waals surface area contributed by atoms with E-state index in [1.165, 1.54) is 0 Å². The highest BCUT2D eigenvalue weighted by Gasteiger charge is 1.99. The molecule has 2 unspecified atom stereocenters. The van der Waals surface area contributed by atoms with E-state index in [0.717, 1.165) is 26.1 Å². The molecule has 0 bridgehead atoms. The van der Waals surface area contributed by atoms with Crippen LogP contribution in [0, 0.1) is 0 Å². The highest BCUT2D eigenvalue weighted by atomic mass is 16.3. The molecule has 0 saturated heterocycles. The lowest BCUT2D eigenvalue weighted by atomic mass is 10.2. The fourth-order valence-electron chi connectivity index (χ4n) is 0.973. The van der Waals surface area contributed by atoms with E-state index in [1.54, 1.807) is 6.92 Å². The van der Waals surface area contributed by atoms with Gasteiger partial charge in [-0.1, -0.05) is 0 Å². The Bertz CT molecular complexity index is 110. The highest BCUT2D eigenvalue weighted by Crippen LogP contribution is 1.81. The molecule has 2 atom stereocenters. The molecular weight excluding hydrogens is 168 g/mol. The lowest BCUT2D eigenvalue weighted by Gasteiger charge is -2.12. The number of nitrogens with two attached hydrogens (primary N) is 2. The standard InChI is InChI=1S/C8H22N4O/c1-7(13)12-5-4-11-6-8(10)2-3-9/h7-8,11-13H,2-6,9-10H2,1H3. The van der Waals surface area contributed by atoms with Crippen LogP contribution in [0.15, 0.2) is 0 Å². The van der Waals surface area contributed by atoms with Crippen LogP contribution in [0.25, 0.3) is 0 Å². The number of aliphatic hydroxyl groups is 1. The van der Waals surface area contributed by atoms with E-state index in [9.17, 15) is 0 Å². The summed E-state index contributed by atoms with van der Waals surface area (Å²) in [7, 11) is 0. The highest BCUT2D eigenvalue weighted by molar-refractivity contribution is 4.65. The van der Waals surface area contributed by atoms with E-state index in [4.69, 9.17) is 16.6 Å². The molecule has 0 amide bonds. The Labute approximate surface area is 79.9 Å². The summed E-state index contributed by atoms with van der Waals surface area (Å²) >= 11 is 0. The van der Waals surface area contributed by atoms with E-state index < -0.39 is 6.23 Å². The predicted octanol–water partition coefficient (Wildman–Crippen LogP) is -1.82. The first kappa shape index (κ1) is 12.8. The first-order valence-corrected chi connectivity index (χ1v) is 4.74. The van der Waals surface area contributed by atoms with Gasteiger partial charge >= 0.3 is 0 Å². The number of rotatable bonds is 8. The van der Waals surface area contributed by atoms with Crippen LogP contribution in [0.4, 0.5) is 0 Å². The molecule has 0 aliphatic rings. The quantitative estimate of drug-likeness (QED) is 0.229. The van der Waals surface area contributed by atoms with Crippen LogP contribution < -0.4 is 22.1 Å². The molecule has 5 heteroatoms. The van der Waals surface area contributed by atoms with Crippen molar-refractivity contribution >= 4 is 0 Å². The van der Waals surface area contributed by atoms with Crippen molar-refractivity contribution in [3.05, 3.63) is 0 Å². The van der Waals surface area contributed by atoms with Gasteiger partial charge in [0.05, 0.1) is 0 Å². The molecule has 0 fully saturated rings. The van der Waals surface area contributed by atoms with Crippen molar-refractivity contribution in [3.63, 3.8) is 0 Å². The van der Waals surface area contributed by atoms with Crippen molar-refractivity contribution in [3.8, 4) is 0 Å². The lowest BCUT2D eigenvalue weighted by molar-refractivity contribution is 0.157. The van der Waals surface area contributed by atoms with Gasteiger partial charge in [-0.15, -0.1) is 0 Å². The predicted molar refractivity (Wildman–Crippen MR) is 54.2 cm³/mol. The minimum absolute atomic E-state index is 0.136. The van der Waals surface area contributed by atoms with Crippen LogP contribution in [0.1, 0.15) is 13.3 Å². The van der Waals surface area contributed by atoms with Crippen LogP contribution in [0.3, 0.4) is 0 Å². The van der Waals surface area contributed by atoms with E-state index in [-0.39, 0.29) is 6.04 Å². The molecule has 0 radical (unpaired) electrons. The largest absolute Gasteiger partial charge is 0.379 e. The van der Waals surface area contributed by atoms with Gasteiger partial charge in [-0.3, -0.25) is 5.32 Å². The zero-order valence-electron chi connectivity index (χ0n) is 8.29. The normalized spacial score (nSPS) is 15.7. The Kier molecular flexibility index (Phi) is 8.27. The number of nitrogens with one attached hydrogen (secondary N) is 2. The van der Waals surface area contributed by atoms with Crippen LogP contribution in [0.2, 0.25) is 0 Å². The minimum Gasteiger partial charge on any atom is -0.379 e. The smallest absolute Gasteiger partial charge is 0.102 e. The summed E-state index contributed by atoms with van der Waals surface area (Å²) in [6.07, 6.45) is 0.399. The second-order valence-corrected chi connectivity index (χ2v) is 3.17. The monoisotopic (exact) mass is 190 g/mol. The SMILES string of the molecule is CC(O)NCCNCC(N)CCN. The molecule has 5 nitrogen and oxygen atoms in total. The van der Waals surface area contributed by atoms with Gasteiger partial charge in [0, 0.05) is 25.7 Å². The molecule has 80 valence electrons. The zero-order chi connectivity index (χ0) is 10.1. The molecule has 0 saturated carbocycles. The summed E-state index contributed by atoms with van der Waals surface area (Å²) in [4.78, 5) is 0. The van der Waals surface area contributed by atoms with E-state index in [0.29, 0.717) is 6.54 Å². The van der Waals surface area contributed by atoms with Gasteiger partial charge in [-0.2, -0.15) is 0 Å². The third kappa shape index (κ3) is 9.72. The molecule has 0 aromatic carbocycles. The van der Waals surface area contributed by atoms with Crippen LogP contribution in [-0.4, -0.2) is 43.6 Å². The van der Waals surface area contributed by atoms with Crippen molar-refractivity contribution in [1.29, 1.82) is 0 Å². The van der Waals surface area contributed by atoms with E-state index in [1.807, 2.05) is 0 Å². The van der Waals surface area contributed by atoms with Gasteiger partial charge in [0.15, 0.2) is 0 Å². The third-order valence-corrected chi connectivity index (χ3v) is 1.69. The van der Waals surface area contributed by atoms with Crippen molar-refractivity contribution in [1.82, 2.24) is 10.6 Å². The zero-order valence-corrected chi connectivity index (χ0v) is 8.29. The molecule has 0 aromatic rings. The summed E-state index contributed by atoms with van der Waals surface area (Å²) in [6, 6.07) is 0.136. The first-order valence-electron chi connectivity index (χ1n) is 4.74. The summed E-state index contributed by atoms with van der Waals surface area (Å²) in [5.74, 6) is 0. The molecule has 0 heterocycles. The van der Waals surface area contributed by atoms with Crippen LogP contribution in [0.5, 0.6) is 0 Å². The van der Waals surface area contributed by atoms with E-state index >= 15 is 0 Å². The fourth-order valence-corrected chi connectivity index (χ4v) is 0.973. The number of aliphatic hydroxyl groups excluding tert-OH is 1. The maximum Gasteiger partial charge on any atom is 0.102 e. The lowest BCUT2D eigenvalue weighted by Crippen LogP contribution is -2.39. The van der Waals surface area contributed by atoms with Crippen molar-refractivity contribution in [2.45, 2.75) is 25.6 Å². The second-order valence-electron chi connectivity index (χ2n) is 3.17. The molecule has 0 spiro atoms. The first-order chi connectivity index (χ1) is 6.16. The Hall–Kier alpha value is -0.200. The van der Waals surface area contributed by atoms with Gasteiger partial charge < -0.3 is 21.9 Å². The average Bonchev–Trinajstić information content (AvgIpc) is 2.03. The molecule has 7 N–H and O–H groups in total. The number of hydrogen-bond acceptors (Lipinski definition) is 5. The van der Waals surface area contributed by atoms with Gasteiger partial charge in [0.25, 0.3) is 0 Å². The summed E-state index contributed by atoms with van der Waals surface area (Å²) in [5.41, 5.74) is 11.1. The van der Waals surface area contributed by atoms with Gasteiger partial charge in [-0.25, -0.2) is 0 Å². The maximum absolute atomic E-state index is 8.87. The second kappa shape index (κ2) is 8.40. The fraction of sp³-hybridized carbons (Fsp3) is 1.00. The molecular formula is C8H22N4O. The maximum atomic E-state index is 8.87. The molecule has 0 aliphatic carbocycles. The minimum atomic E-state index is -0.445. The average molecular weight is 190 g/mol. The Morgan fingerprint density at radius 1 is 1.38 bits per heavy atom. The van der Waals surface area contributed by atoms with Crippen molar-refractivity contribution in [2.24, 2.45) is 11.5 Å². The third-order valence-electron chi connectivity index (χ3n) is 1.69. The summed E-state index contributed by atoms with van der Waals surface area (Å²) < 4.78 is 0. The van der Waals surface area contributed by atoms with Crippen molar-refractivity contribution < 1.29 is 5.11 Å². The summed E-state index contributed by atoms with van der Waals surface area (Å²) in [5, 5.41) is 14.9. The number of hydrogen-bond donors (Lipinski definition) is 5. The summed E-state index contributed by atoms with van der Waals surface area (Å²) in [6.45, 7) is 4.66. The van der Waals surface area contributed by atoms with Gasteiger partial charge in [0.2, 0.25) is 0 Å². The molecule has 13 heavy (non-hydrogen) atoms. The van der Waals surface area contributed by atoms with Crippen molar-refractivity contribution in [2.75, 3.05) is 26.2 Å². The Morgan fingerprint density at radius 2 is 2.08 bits per heavy atom. The Balaban J connectivity index is 3.06. The molecule has 0 rings (SSSR count). The Morgan fingerprint density at radius 3 is 2.62 bits per heavy atom. The van der Waals surface area contributed by atoms with Gasteiger partial charge in [0.1, 0.15) is 6.23 Å². The molecule has 0 aromatic heterocycles. The van der Waals surface area contributed by atoms with Crippen LogP contribution >= 0.6 is 0 Å².